The Hall–Kier alpha value is -3.76. The van der Waals surface area contributed by atoms with E-state index in [9.17, 15) is 18.0 Å². The van der Waals surface area contributed by atoms with E-state index >= 15 is 0 Å². The minimum atomic E-state index is -4.23. The molecule has 3 aromatic rings. The molecule has 0 aromatic heterocycles. The highest BCUT2D eigenvalue weighted by Crippen LogP contribution is 2.32. The molecule has 0 aliphatic carbocycles. The number of ether oxygens (including phenoxy) is 2. The molecule has 0 heterocycles. The Balaban J connectivity index is 2.08. The van der Waals surface area contributed by atoms with Gasteiger partial charge in [0.15, 0.2) is 0 Å². The van der Waals surface area contributed by atoms with E-state index in [2.05, 4.69) is 5.32 Å². The number of carbonyl (C=O) groups excluding carboxylic acids is 2. The lowest BCUT2D eigenvalue weighted by molar-refractivity contribution is -0.140. The van der Waals surface area contributed by atoms with Crippen LogP contribution in [0.1, 0.15) is 38.8 Å². The molecule has 226 valence electrons. The van der Waals surface area contributed by atoms with Gasteiger partial charge in [-0.1, -0.05) is 41.4 Å². The molecule has 3 aromatic carbocycles. The monoisotopic (exact) mass is 615 g/mol. The molecule has 0 spiro atoms. The summed E-state index contributed by atoms with van der Waals surface area (Å²) in [5.41, 5.74) is 1.21. The van der Waals surface area contributed by atoms with Crippen molar-refractivity contribution in [2.75, 3.05) is 25.1 Å². The number of hydrogen-bond acceptors (Lipinski definition) is 6. The van der Waals surface area contributed by atoms with E-state index in [1.165, 1.54) is 49.5 Å². The van der Waals surface area contributed by atoms with E-state index < -0.39 is 34.1 Å². The quantitative estimate of drug-likeness (QED) is 0.318. The Kier molecular flexibility index (Phi) is 10.5. The summed E-state index contributed by atoms with van der Waals surface area (Å²) in [6.07, 6.45) is 0. The van der Waals surface area contributed by atoms with Crippen LogP contribution in [0.15, 0.2) is 71.6 Å². The predicted octanol–water partition coefficient (Wildman–Crippen LogP) is 5.19. The largest absolute Gasteiger partial charge is 0.497 e. The van der Waals surface area contributed by atoms with Gasteiger partial charge in [-0.3, -0.25) is 13.9 Å². The molecule has 3 rings (SSSR count). The second kappa shape index (κ2) is 13.5. The van der Waals surface area contributed by atoms with Gasteiger partial charge in [-0.05, 0) is 82.6 Å². The number of halogens is 1. The third-order valence-electron chi connectivity index (χ3n) is 6.46. The molecule has 42 heavy (non-hydrogen) atoms. The van der Waals surface area contributed by atoms with Gasteiger partial charge in [0.25, 0.3) is 10.0 Å². The third-order valence-corrected chi connectivity index (χ3v) is 8.55. The van der Waals surface area contributed by atoms with Crippen molar-refractivity contribution in [1.82, 2.24) is 10.2 Å². The van der Waals surface area contributed by atoms with Crippen molar-refractivity contribution in [1.29, 1.82) is 0 Å². The van der Waals surface area contributed by atoms with Crippen molar-refractivity contribution in [3.8, 4) is 11.5 Å². The lowest BCUT2D eigenvalue weighted by Gasteiger charge is -2.33. The number of benzene rings is 3. The molecule has 0 aliphatic rings. The molecular formula is C31H38ClN3O6S. The molecule has 2 amide bonds. The molecule has 0 aliphatic heterocycles. The number of amides is 2. The minimum Gasteiger partial charge on any atom is -0.497 e. The highest BCUT2D eigenvalue weighted by Gasteiger charge is 2.33. The molecule has 0 saturated carbocycles. The highest BCUT2D eigenvalue weighted by molar-refractivity contribution is 7.92. The highest BCUT2D eigenvalue weighted by atomic mass is 35.5. The fraction of sp³-hybridized carbons (Fsp3) is 0.355. The van der Waals surface area contributed by atoms with Crippen LogP contribution in [-0.4, -0.2) is 57.5 Å². The standard InChI is InChI=1S/C31H38ClN3O6S/c1-21-11-14-26(15-12-21)42(38,39)35(24-13-16-28(41-7)27(32)18-24)20-29(36)34(22(2)30(37)33-31(3,4)5)19-23-9-8-10-25(17-23)40-6/h8-18,22H,19-20H2,1-7H3,(H,33,37). The normalized spacial score (nSPS) is 12.3. The summed E-state index contributed by atoms with van der Waals surface area (Å²) < 4.78 is 39.5. The van der Waals surface area contributed by atoms with E-state index in [1.807, 2.05) is 27.7 Å². The first-order chi connectivity index (χ1) is 19.7. The summed E-state index contributed by atoms with van der Waals surface area (Å²) in [6.45, 7) is 8.44. The second-order valence-electron chi connectivity index (χ2n) is 10.9. The van der Waals surface area contributed by atoms with E-state index in [-0.39, 0.29) is 28.1 Å². The van der Waals surface area contributed by atoms with E-state index in [1.54, 1.807) is 43.3 Å². The van der Waals surface area contributed by atoms with Crippen LogP contribution in [0.4, 0.5) is 5.69 Å². The summed E-state index contributed by atoms with van der Waals surface area (Å²) in [7, 11) is -1.24. The first-order valence-corrected chi connectivity index (χ1v) is 15.2. The Bertz CT molecular complexity index is 1520. The smallest absolute Gasteiger partial charge is 0.264 e. The van der Waals surface area contributed by atoms with Crippen molar-refractivity contribution in [2.45, 2.75) is 57.6 Å². The molecule has 1 unspecified atom stereocenters. The van der Waals surface area contributed by atoms with Crippen LogP contribution in [-0.2, 0) is 26.2 Å². The molecule has 0 bridgehead atoms. The maximum atomic E-state index is 14.1. The zero-order chi connectivity index (χ0) is 31.2. The minimum absolute atomic E-state index is 0.00529. The number of nitrogens with one attached hydrogen (secondary N) is 1. The number of nitrogens with zero attached hydrogens (tertiary/aromatic N) is 2. The first-order valence-electron chi connectivity index (χ1n) is 13.3. The zero-order valence-corrected chi connectivity index (χ0v) is 26.5. The lowest BCUT2D eigenvalue weighted by Crippen LogP contribution is -2.54. The van der Waals surface area contributed by atoms with Gasteiger partial charge in [-0.2, -0.15) is 0 Å². The van der Waals surface area contributed by atoms with E-state index in [0.29, 0.717) is 17.1 Å². The molecule has 1 N–H and O–H groups in total. The van der Waals surface area contributed by atoms with Crippen molar-refractivity contribution >= 4 is 39.1 Å². The molecule has 0 radical (unpaired) electrons. The number of anilines is 1. The van der Waals surface area contributed by atoms with Crippen LogP contribution in [0.3, 0.4) is 0 Å². The Morgan fingerprint density at radius 2 is 1.64 bits per heavy atom. The Morgan fingerprint density at radius 3 is 2.21 bits per heavy atom. The fourth-order valence-corrected chi connectivity index (χ4v) is 5.86. The first kappa shape index (κ1) is 32.8. The van der Waals surface area contributed by atoms with Crippen LogP contribution >= 0.6 is 11.6 Å². The maximum absolute atomic E-state index is 14.1. The van der Waals surface area contributed by atoms with Crippen molar-refractivity contribution in [3.63, 3.8) is 0 Å². The number of carbonyl (C=O) groups is 2. The third kappa shape index (κ3) is 8.17. The molecule has 9 nitrogen and oxygen atoms in total. The van der Waals surface area contributed by atoms with Gasteiger partial charge in [-0.15, -0.1) is 0 Å². The van der Waals surface area contributed by atoms with Crippen LogP contribution in [0.5, 0.6) is 11.5 Å². The van der Waals surface area contributed by atoms with Gasteiger partial charge in [0.05, 0.1) is 29.8 Å². The zero-order valence-electron chi connectivity index (χ0n) is 25.0. The number of rotatable bonds is 11. The molecule has 0 saturated heterocycles. The molecule has 0 fully saturated rings. The van der Waals surface area contributed by atoms with Crippen LogP contribution in [0, 0.1) is 6.92 Å². The molecular weight excluding hydrogens is 578 g/mol. The summed E-state index contributed by atoms with van der Waals surface area (Å²) in [5.74, 6) is -0.0223. The molecule has 1 atom stereocenters. The number of hydrogen-bond donors (Lipinski definition) is 1. The maximum Gasteiger partial charge on any atom is 0.264 e. The Morgan fingerprint density at radius 1 is 0.976 bits per heavy atom. The van der Waals surface area contributed by atoms with Gasteiger partial charge in [0.1, 0.15) is 24.1 Å². The van der Waals surface area contributed by atoms with Crippen LogP contribution < -0.4 is 19.1 Å². The SMILES string of the molecule is COc1cccc(CN(C(=O)CN(c2ccc(OC)c(Cl)c2)S(=O)(=O)c2ccc(C)cc2)C(C)C(=O)NC(C)(C)C)c1. The van der Waals surface area contributed by atoms with Crippen molar-refractivity contribution < 1.29 is 27.5 Å². The van der Waals surface area contributed by atoms with Crippen LogP contribution in [0.2, 0.25) is 5.02 Å². The summed E-state index contributed by atoms with van der Waals surface area (Å²) in [4.78, 5) is 28.7. The van der Waals surface area contributed by atoms with Crippen molar-refractivity contribution in [2.24, 2.45) is 0 Å². The van der Waals surface area contributed by atoms with Gasteiger partial charge < -0.3 is 19.7 Å². The van der Waals surface area contributed by atoms with E-state index in [4.69, 9.17) is 21.1 Å². The summed E-state index contributed by atoms with van der Waals surface area (Å²) >= 11 is 6.37. The predicted molar refractivity (Wildman–Crippen MR) is 165 cm³/mol. The number of methoxy groups -OCH3 is 2. The number of aryl methyl sites for hydroxylation is 1. The van der Waals surface area contributed by atoms with Crippen molar-refractivity contribution in [3.05, 3.63) is 82.9 Å². The number of sulfonamides is 1. The summed E-state index contributed by atoms with van der Waals surface area (Å²) in [6, 6.07) is 17.0. The Labute approximate surface area is 253 Å². The average Bonchev–Trinajstić information content (AvgIpc) is 2.93. The fourth-order valence-electron chi connectivity index (χ4n) is 4.20. The average molecular weight is 616 g/mol. The lowest BCUT2D eigenvalue weighted by atomic mass is 10.1. The second-order valence-corrected chi connectivity index (χ2v) is 13.2. The van der Waals surface area contributed by atoms with Gasteiger partial charge in [-0.25, -0.2) is 8.42 Å². The molecule has 11 heteroatoms. The van der Waals surface area contributed by atoms with Gasteiger partial charge >= 0.3 is 0 Å². The van der Waals surface area contributed by atoms with Crippen LogP contribution in [0.25, 0.3) is 0 Å². The van der Waals surface area contributed by atoms with E-state index in [0.717, 1.165) is 9.87 Å². The van der Waals surface area contributed by atoms with Gasteiger partial charge in [0, 0.05) is 12.1 Å². The topological polar surface area (TPSA) is 105 Å². The van der Waals surface area contributed by atoms with Gasteiger partial charge in [0.2, 0.25) is 11.8 Å². The summed E-state index contributed by atoms with van der Waals surface area (Å²) in [5, 5.41) is 3.09.